The van der Waals surface area contributed by atoms with E-state index in [9.17, 15) is 4.79 Å². The van der Waals surface area contributed by atoms with Crippen molar-refractivity contribution in [2.24, 2.45) is 0 Å². The molecule has 0 saturated heterocycles. The van der Waals surface area contributed by atoms with Crippen LogP contribution in [0.1, 0.15) is 16.8 Å². The first-order valence-corrected chi connectivity index (χ1v) is 6.46. The molecule has 0 aliphatic carbocycles. The molecule has 0 bridgehead atoms. The SMILES string of the molecule is COCCOCCCOC(=O)c1cc(Cl)nc(Cl)c1. The minimum absolute atomic E-state index is 0.155. The number of ether oxygens (including phenoxy) is 3. The normalized spacial score (nSPS) is 10.5. The highest BCUT2D eigenvalue weighted by Gasteiger charge is 2.09. The highest BCUT2D eigenvalue weighted by atomic mass is 35.5. The van der Waals surface area contributed by atoms with E-state index < -0.39 is 5.97 Å². The number of carbonyl (C=O) groups excluding carboxylic acids is 1. The molecular formula is C12H15Cl2NO4. The fourth-order valence-electron chi connectivity index (χ4n) is 1.24. The average Bonchev–Trinajstić information content (AvgIpc) is 2.36. The summed E-state index contributed by atoms with van der Waals surface area (Å²) in [5.74, 6) is -0.483. The predicted octanol–water partition coefficient (Wildman–Crippen LogP) is 2.60. The minimum Gasteiger partial charge on any atom is -0.462 e. The average molecular weight is 308 g/mol. The van der Waals surface area contributed by atoms with Gasteiger partial charge in [-0.05, 0) is 12.1 Å². The Morgan fingerprint density at radius 1 is 1.16 bits per heavy atom. The molecule has 0 spiro atoms. The molecule has 0 atom stereocenters. The van der Waals surface area contributed by atoms with Crippen LogP contribution in [0.5, 0.6) is 0 Å². The first-order chi connectivity index (χ1) is 9.13. The summed E-state index contributed by atoms with van der Waals surface area (Å²) < 4.78 is 15.1. The van der Waals surface area contributed by atoms with Crippen LogP contribution in [0.4, 0.5) is 0 Å². The standard InChI is InChI=1S/C12H15Cl2NO4/c1-17-5-6-18-3-2-4-19-12(16)9-7-10(13)15-11(14)8-9/h7-8H,2-6H2,1H3. The van der Waals surface area contributed by atoms with Gasteiger partial charge in [0, 0.05) is 20.1 Å². The van der Waals surface area contributed by atoms with Gasteiger partial charge in [0.2, 0.25) is 0 Å². The van der Waals surface area contributed by atoms with Crippen molar-refractivity contribution in [1.82, 2.24) is 4.98 Å². The van der Waals surface area contributed by atoms with Crippen molar-refractivity contribution < 1.29 is 19.0 Å². The lowest BCUT2D eigenvalue weighted by Crippen LogP contribution is -2.10. The lowest BCUT2D eigenvalue weighted by Gasteiger charge is -2.06. The number of aromatic nitrogens is 1. The Labute approximate surface area is 121 Å². The molecule has 0 N–H and O–H groups in total. The first-order valence-electron chi connectivity index (χ1n) is 5.70. The van der Waals surface area contributed by atoms with Gasteiger partial charge in [-0.15, -0.1) is 0 Å². The molecule has 0 aromatic carbocycles. The third-order valence-corrected chi connectivity index (χ3v) is 2.48. The number of nitrogens with zero attached hydrogens (tertiary/aromatic N) is 1. The van der Waals surface area contributed by atoms with Gasteiger partial charge in [0.1, 0.15) is 10.3 Å². The summed E-state index contributed by atoms with van der Waals surface area (Å²) in [5, 5.41) is 0.310. The van der Waals surface area contributed by atoms with Crippen molar-refractivity contribution in [3.8, 4) is 0 Å². The second-order valence-electron chi connectivity index (χ2n) is 3.60. The molecule has 0 saturated carbocycles. The molecule has 0 unspecified atom stereocenters. The number of rotatable bonds is 8. The molecule has 106 valence electrons. The van der Waals surface area contributed by atoms with Gasteiger partial charge in [0.15, 0.2) is 0 Å². The van der Waals surface area contributed by atoms with E-state index in [1.807, 2.05) is 0 Å². The summed E-state index contributed by atoms with van der Waals surface area (Å²) in [7, 11) is 1.61. The number of pyridine rings is 1. The van der Waals surface area contributed by atoms with Crippen LogP contribution < -0.4 is 0 Å². The van der Waals surface area contributed by atoms with E-state index in [1.54, 1.807) is 7.11 Å². The van der Waals surface area contributed by atoms with E-state index in [2.05, 4.69) is 4.98 Å². The Kier molecular flexibility index (Phi) is 7.74. The molecule has 1 aromatic rings. The zero-order valence-electron chi connectivity index (χ0n) is 10.5. The van der Waals surface area contributed by atoms with Crippen molar-refractivity contribution in [2.45, 2.75) is 6.42 Å². The fourth-order valence-corrected chi connectivity index (χ4v) is 1.70. The highest BCUT2D eigenvalue weighted by molar-refractivity contribution is 6.32. The lowest BCUT2D eigenvalue weighted by molar-refractivity contribution is 0.0385. The van der Waals surface area contributed by atoms with E-state index in [-0.39, 0.29) is 22.5 Å². The van der Waals surface area contributed by atoms with Gasteiger partial charge in [-0.25, -0.2) is 9.78 Å². The molecule has 5 nitrogen and oxygen atoms in total. The zero-order chi connectivity index (χ0) is 14.1. The molecular weight excluding hydrogens is 293 g/mol. The van der Waals surface area contributed by atoms with Crippen molar-refractivity contribution in [3.05, 3.63) is 28.0 Å². The smallest absolute Gasteiger partial charge is 0.338 e. The topological polar surface area (TPSA) is 57.7 Å². The van der Waals surface area contributed by atoms with Crippen LogP contribution in [-0.4, -0.2) is 44.5 Å². The maximum Gasteiger partial charge on any atom is 0.338 e. The van der Waals surface area contributed by atoms with Crippen molar-refractivity contribution >= 4 is 29.2 Å². The molecule has 0 aliphatic rings. The Morgan fingerprint density at radius 3 is 2.47 bits per heavy atom. The van der Waals surface area contributed by atoms with Crippen LogP contribution in [0, 0.1) is 0 Å². The number of methoxy groups -OCH3 is 1. The molecule has 1 aromatic heterocycles. The van der Waals surface area contributed by atoms with Gasteiger partial charge in [-0.3, -0.25) is 0 Å². The maximum atomic E-state index is 11.7. The Balaban J connectivity index is 2.24. The Hall–Kier alpha value is -0.880. The van der Waals surface area contributed by atoms with Crippen LogP contribution in [-0.2, 0) is 14.2 Å². The number of esters is 1. The fraction of sp³-hybridized carbons (Fsp3) is 0.500. The number of carbonyl (C=O) groups is 1. The predicted molar refractivity (Wildman–Crippen MR) is 71.9 cm³/mol. The summed E-state index contributed by atoms with van der Waals surface area (Å²) in [6.45, 7) is 1.85. The van der Waals surface area contributed by atoms with Crippen molar-refractivity contribution in [1.29, 1.82) is 0 Å². The van der Waals surface area contributed by atoms with E-state index in [1.165, 1.54) is 12.1 Å². The lowest BCUT2D eigenvalue weighted by atomic mass is 10.3. The second kappa shape index (κ2) is 9.09. The zero-order valence-corrected chi connectivity index (χ0v) is 12.0. The summed E-state index contributed by atoms with van der Waals surface area (Å²) in [6, 6.07) is 2.82. The molecule has 19 heavy (non-hydrogen) atoms. The van der Waals surface area contributed by atoms with Crippen LogP contribution in [0.2, 0.25) is 10.3 Å². The number of hydrogen-bond donors (Lipinski definition) is 0. The molecule has 0 fully saturated rings. The van der Waals surface area contributed by atoms with Gasteiger partial charge in [-0.2, -0.15) is 0 Å². The van der Waals surface area contributed by atoms with Gasteiger partial charge in [0.05, 0.1) is 25.4 Å². The number of halogens is 2. The monoisotopic (exact) mass is 307 g/mol. The summed E-state index contributed by atoms with van der Waals surface area (Å²) in [6.07, 6.45) is 0.613. The van der Waals surface area contributed by atoms with Crippen molar-refractivity contribution in [3.63, 3.8) is 0 Å². The molecule has 0 amide bonds. The first kappa shape index (κ1) is 16.2. The minimum atomic E-state index is -0.483. The quantitative estimate of drug-likeness (QED) is 0.420. The van der Waals surface area contributed by atoms with Crippen molar-refractivity contribution in [2.75, 3.05) is 33.5 Å². The third kappa shape index (κ3) is 6.73. The summed E-state index contributed by atoms with van der Waals surface area (Å²) >= 11 is 11.4. The molecule has 1 heterocycles. The van der Waals surface area contributed by atoms with Gasteiger partial charge < -0.3 is 14.2 Å². The van der Waals surface area contributed by atoms with E-state index in [0.29, 0.717) is 26.2 Å². The van der Waals surface area contributed by atoms with Gasteiger partial charge in [0.25, 0.3) is 0 Å². The number of hydrogen-bond acceptors (Lipinski definition) is 5. The Bertz CT molecular complexity index is 394. The van der Waals surface area contributed by atoms with Crippen LogP contribution >= 0.6 is 23.2 Å². The summed E-state index contributed by atoms with van der Waals surface area (Å²) in [4.78, 5) is 15.4. The van der Waals surface area contributed by atoms with E-state index >= 15 is 0 Å². The van der Waals surface area contributed by atoms with E-state index in [0.717, 1.165) is 0 Å². The molecule has 0 aliphatic heterocycles. The van der Waals surface area contributed by atoms with Crippen LogP contribution in [0.15, 0.2) is 12.1 Å². The second-order valence-corrected chi connectivity index (χ2v) is 4.37. The van der Waals surface area contributed by atoms with Crippen LogP contribution in [0.25, 0.3) is 0 Å². The van der Waals surface area contributed by atoms with E-state index in [4.69, 9.17) is 37.4 Å². The van der Waals surface area contributed by atoms with Gasteiger partial charge >= 0.3 is 5.97 Å². The summed E-state index contributed by atoms with van der Waals surface area (Å²) in [5.41, 5.74) is 0.283. The Morgan fingerprint density at radius 2 is 1.84 bits per heavy atom. The van der Waals surface area contributed by atoms with Gasteiger partial charge in [-0.1, -0.05) is 23.2 Å². The largest absolute Gasteiger partial charge is 0.462 e. The molecule has 7 heteroatoms. The highest BCUT2D eigenvalue weighted by Crippen LogP contribution is 2.15. The van der Waals surface area contributed by atoms with Crippen LogP contribution in [0.3, 0.4) is 0 Å². The maximum absolute atomic E-state index is 11.7. The third-order valence-electron chi connectivity index (χ3n) is 2.10. The molecule has 1 rings (SSSR count). The molecule has 0 radical (unpaired) electrons.